The maximum Gasteiger partial charge on any atom is 0.417 e. The first-order chi connectivity index (χ1) is 7.93. The average Bonchev–Trinajstić information content (AvgIpc) is 2.54. The maximum absolute atomic E-state index is 12.6. The standard InChI is InChI=1S/C10H9ClF3N3/c1-15-4-7-9(11)16-8-3-2-6(5-17(7)8)10(12,13)14/h2-3,5,15H,4H2,1H3. The molecular formula is C10H9ClF3N3. The van der Waals surface area contributed by atoms with Gasteiger partial charge in [-0.25, -0.2) is 4.98 Å². The van der Waals surface area contributed by atoms with Crippen LogP contribution in [0.2, 0.25) is 5.15 Å². The van der Waals surface area contributed by atoms with Crippen molar-refractivity contribution in [3.05, 3.63) is 34.7 Å². The molecule has 7 heteroatoms. The van der Waals surface area contributed by atoms with Crippen molar-refractivity contribution in [2.24, 2.45) is 0 Å². The van der Waals surface area contributed by atoms with Crippen LogP contribution >= 0.6 is 11.6 Å². The lowest BCUT2D eigenvalue weighted by atomic mass is 10.3. The molecule has 0 aliphatic carbocycles. The minimum atomic E-state index is -4.37. The third kappa shape index (κ3) is 2.23. The van der Waals surface area contributed by atoms with Gasteiger partial charge in [0.2, 0.25) is 0 Å². The third-order valence-corrected chi connectivity index (χ3v) is 2.64. The second-order valence-electron chi connectivity index (χ2n) is 3.52. The number of alkyl halides is 3. The van der Waals surface area contributed by atoms with Crippen LogP contribution in [0.3, 0.4) is 0 Å². The Morgan fingerprint density at radius 3 is 2.71 bits per heavy atom. The number of imidazole rings is 1. The lowest BCUT2D eigenvalue weighted by Crippen LogP contribution is -2.10. The molecule has 3 nitrogen and oxygen atoms in total. The van der Waals surface area contributed by atoms with E-state index in [4.69, 9.17) is 11.6 Å². The van der Waals surface area contributed by atoms with Gasteiger partial charge in [0.25, 0.3) is 0 Å². The van der Waals surface area contributed by atoms with E-state index in [2.05, 4.69) is 10.3 Å². The Hall–Kier alpha value is -1.27. The lowest BCUT2D eigenvalue weighted by Gasteiger charge is -2.08. The maximum atomic E-state index is 12.6. The van der Waals surface area contributed by atoms with Crippen molar-refractivity contribution in [2.45, 2.75) is 12.7 Å². The highest BCUT2D eigenvalue weighted by Crippen LogP contribution is 2.30. The molecule has 0 saturated carbocycles. The summed E-state index contributed by atoms with van der Waals surface area (Å²) in [7, 11) is 1.68. The van der Waals surface area contributed by atoms with Crippen LogP contribution in [0.25, 0.3) is 5.65 Å². The highest BCUT2D eigenvalue weighted by Gasteiger charge is 2.31. The molecular weight excluding hydrogens is 255 g/mol. The molecule has 0 saturated heterocycles. The van der Waals surface area contributed by atoms with Crippen LogP contribution in [-0.2, 0) is 12.7 Å². The summed E-state index contributed by atoms with van der Waals surface area (Å²) in [5, 5.41) is 3.04. The first-order valence-corrected chi connectivity index (χ1v) is 5.19. The molecule has 2 rings (SSSR count). The molecule has 2 heterocycles. The first-order valence-electron chi connectivity index (χ1n) is 4.82. The highest BCUT2D eigenvalue weighted by atomic mass is 35.5. The Kier molecular flexibility index (Phi) is 3.01. The van der Waals surface area contributed by atoms with E-state index in [1.165, 1.54) is 10.5 Å². The fourth-order valence-electron chi connectivity index (χ4n) is 1.56. The van der Waals surface area contributed by atoms with Gasteiger partial charge in [-0.1, -0.05) is 11.6 Å². The van der Waals surface area contributed by atoms with Crippen LogP contribution in [0.1, 0.15) is 11.3 Å². The summed E-state index contributed by atoms with van der Waals surface area (Å²) in [4.78, 5) is 3.98. The van der Waals surface area contributed by atoms with Crippen LogP contribution in [-0.4, -0.2) is 16.4 Å². The summed E-state index contributed by atoms with van der Waals surface area (Å²) in [6, 6.07) is 2.29. The van der Waals surface area contributed by atoms with E-state index in [9.17, 15) is 13.2 Å². The number of aromatic nitrogens is 2. The molecule has 0 fully saturated rings. The summed E-state index contributed by atoms with van der Waals surface area (Å²) >= 11 is 5.86. The Morgan fingerprint density at radius 2 is 2.12 bits per heavy atom. The molecule has 1 N–H and O–H groups in total. The van der Waals surface area contributed by atoms with Gasteiger partial charge in [0.1, 0.15) is 5.65 Å². The van der Waals surface area contributed by atoms with Gasteiger partial charge in [0.15, 0.2) is 5.15 Å². The van der Waals surface area contributed by atoms with Gasteiger partial charge < -0.3 is 9.72 Å². The number of rotatable bonds is 2. The van der Waals surface area contributed by atoms with Gasteiger partial charge in [-0.3, -0.25) is 0 Å². The smallest absolute Gasteiger partial charge is 0.314 e. The van der Waals surface area contributed by atoms with E-state index in [1.54, 1.807) is 7.05 Å². The number of nitrogens with one attached hydrogen (secondary N) is 1. The molecule has 2 aromatic rings. The normalized spacial score (nSPS) is 12.3. The molecule has 0 bridgehead atoms. The molecule has 92 valence electrons. The molecule has 0 amide bonds. The van der Waals surface area contributed by atoms with E-state index in [0.29, 0.717) is 17.9 Å². The molecule has 17 heavy (non-hydrogen) atoms. The molecule has 0 atom stereocenters. The van der Waals surface area contributed by atoms with Crippen molar-refractivity contribution < 1.29 is 13.2 Å². The predicted molar refractivity (Wildman–Crippen MR) is 58.0 cm³/mol. The zero-order chi connectivity index (χ0) is 12.6. The minimum absolute atomic E-state index is 0.207. The van der Waals surface area contributed by atoms with Crippen molar-refractivity contribution >= 4 is 17.2 Å². The van der Waals surface area contributed by atoms with Crippen molar-refractivity contribution in [1.82, 2.24) is 14.7 Å². The Labute approximate surface area is 100 Å². The second kappa shape index (κ2) is 4.19. The SMILES string of the molecule is CNCc1c(Cl)nc2ccc(C(F)(F)F)cn12. The summed E-state index contributed by atoms with van der Waals surface area (Å²) in [5.41, 5.74) is 0.180. The van der Waals surface area contributed by atoms with Gasteiger partial charge in [0, 0.05) is 12.7 Å². The first kappa shape index (κ1) is 12.2. The van der Waals surface area contributed by atoms with Crippen LogP contribution < -0.4 is 5.32 Å². The van der Waals surface area contributed by atoms with Gasteiger partial charge >= 0.3 is 6.18 Å². The number of pyridine rings is 1. The number of halogens is 4. The lowest BCUT2D eigenvalue weighted by molar-refractivity contribution is -0.137. The Bertz CT molecular complexity index is 547. The molecule has 0 aliphatic rings. The fourth-order valence-corrected chi connectivity index (χ4v) is 1.80. The van der Waals surface area contributed by atoms with Crippen molar-refractivity contribution in [1.29, 1.82) is 0 Å². The zero-order valence-electron chi connectivity index (χ0n) is 8.85. The number of hydrogen-bond acceptors (Lipinski definition) is 2. The summed E-state index contributed by atoms with van der Waals surface area (Å²) in [6.45, 7) is 0.349. The zero-order valence-corrected chi connectivity index (χ0v) is 9.60. The molecule has 2 aromatic heterocycles. The number of hydrogen-bond donors (Lipinski definition) is 1. The van der Waals surface area contributed by atoms with E-state index in [-0.39, 0.29) is 5.15 Å². The van der Waals surface area contributed by atoms with Crippen molar-refractivity contribution in [3.63, 3.8) is 0 Å². The molecule has 0 unspecified atom stereocenters. The Morgan fingerprint density at radius 1 is 1.41 bits per heavy atom. The summed E-state index contributed by atoms with van der Waals surface area (Å²) in [5.74, 6) is 0. The number of fused-ring (bicyclic) bond motifs is 1. The molecule has 0 aliphatic heterocycles. The van der Waals surface area contributed by atoms with E-state index >= 15 is 0 Å². The topological polar surface area (TPSA) is 29.3 Å². The monoisotopic (exact) mass is 263 g/mol. The van der Waals surface area contributed by atoms with Gasteiger partial charge in [-0.05, 0) is 19.2 Å². The third-order valence-electron chi connectivity index (χ3n) is 2.34. The van der Waals surface area contributed by atoms with Crippen LogP contribution in [0, 0.1) is 0 Å². The van der Waals surface area contributed by atoms with Gasteiger partial charge in [-0.15, -0.1) is 0 Å². The van der Waals surface area contributed by atoms with E-state index in [1.807, 2.05) is 0 Å². The quantitative estimate of drug-likeness (QED) is 0.903. The number of nitrogens with zero attached hydrogens (tertiary/aromatic N) is 2. The van der Waals surface area contributed by atoms with Crippen LogP contribution in [0.15, 0.2) is 18.3 Å². The molecule has 0 aromatic carbocycles. The fraction of sp³-hybridized carbons (Fsp3) is 0.300. The average molecular weight is 264 g/mol. The van der Waals surface area contributed by atoms with Gasteiger partial charge in [0.05, 0.1) is 11.3 Å². The minimum Gasteiger partial charge on any atom is -0.314 e. The molecule has 0 spiro atoms. The van der Waals surface area contributed by atoms with E-state index in [0.717, 1.165) is 12.3 Å². The summed E-state index contributed by atoms with van der Waals surface area (Å²) in [6.07, 6.45) is -3.37. The highest BCUT2D eigenvalue weighted by molar-refractivity contribution is 6.30. The van der Waals surface area contributed by atoms with Crippen LogP contribution in [0.5, 0.6) is 0 Å². The summed E-state index contributed by atoms with van der Waals surface area (Å²) < 4.78 is 39.0. The van der Waals surface area contributed by atoms with Crippen molar-refractivity contribution in [2.75, 3.05) is 7.05 Å². The van der Waals surface area contributed by atoms with Gasteiger partial charge in [-0.2, -0.15) is 13.2 Å². The largest absolute Gasteiger partial charge is 0.417 e. The van der Waals surface area contributed by atoms with Crippen LogP contribution in [0.4, 0.5) is 13.2 Å². The molecule has 0 radical (unpaired) electrons. The van der Waals surface area contributed by atoms with Crippen molar-refractivity contribution in [3.8, 4) is 0 Å². The van der Waals surface area contributed by atoms with E-state index < -0.39 is 11.7 Å². The second-order valence-corrected chi connectivity index (χ2v) is 3.88. The Balaban J connectivity index is 2.62. The predicted octanol–water partition coefficient (Wildman–Crippen LogP) is 2.73.